The zero-order valence-corrected chi connectivity index (χ0v) is 29.8. The lowest BCUT2D eigenvalue weighted by Crippen LogP contribution is -2.64. The molecule has 0 saturated heterocycles. The van der Waals surface area contributed by atoms with Gasteiger partial charge in [0.25, 0.3) is 0 Å². The first kappa shape index (κ1) is 34.2. The summed E-state index contributed by atoms with van der Waals surface area (Å²) < 4.78 is 0. The molecule has 0 amide bonds. The van der Waals surface area contributed by atoms with Gasteiger partial charge in [-0.25, -0.2) is 0 Å². The number of aliphatic hydroxyl groups excluding tert-OH is 4. The SMILES string of the molecule is C[C@]1(CO)CCC[C@]2(C)C1C[C@@H](O)[C@@]13C[C@@H](CCC21)C(O)(CC[C@@]1(O)C(=O)[C@]24C[C@H]1CCC2[C@]1(C)CCC[C@](C)(CO)C1C[C@H]4O)C3=O. The molecule has 6 N–H and O–H groups in total. The second kappa shape index (κ2) is 10.4. The lowest BCUT2D eigenvalue weighted by Gasteiger charge is -2.64. The first-order chi connectivity index (χ1) is 22.5. The minimum Gasteiger partial charge on any atom is -0.396 e. The Labute approximate surface area is 286 Å². The van der Waals surface area contributed by atoms with E-state index in [4.69, 9.17) is 0 Å². The highest BCUT2D eigenvalue weighted by molar-refractivity contribution is 5.98. The van der Waals surface area contributed by atoms with Crippen LogP contribution in [0.4, 0.5) is 0 Å². The first-order valence-electron chi connectivity index (χ1n) is 19.6. The van der Waals surface area contributed by atoms with Crippen LogP contribution in [-0.4, -0.2) is 78.8 Å². The fourth-order valence-electron chi connectivity index (χ4n) is 16.2. The zero-order chi connectivity index (χ0) is 34.5. The maximum absolute atomic E-state index is 14.8. The summed E-state index contributed by atoms with van der Waals surface area (Å²) in [6, 6.07) is 0. The van der Waals surface area contributed by atoms with Crippen LogP contribution < -0.4 is 0 Å². The molecule has 16 atom stereocenters. The van der Waals surface area contributed by atoms with Gasteiger partial charge in [0.15, 0.2) is 11.6 Å². The number of fused-ring (bicyclic) bond motifs is 6. The Hall–Kier alpha value is -0.900. The first-order valence-corrected chi connectivity index (χ1v) is 19.6. The van der Waals surface area contributed by atoms with Crippen molar-refractivity contribution < 1.29 is 40.2 Å². The average Bonchev–Trinajstić information content (AvgIpc) is 3.33. The fourth-order valence-corrected chi connectivity index (χ4v) is 16.2. The molecule has 4 bridgehead atoms. The van der Waals surface area contributed by atoms with E-state index in [-0.39, 0.29) is 94.8 Å². The molecule has 0 aromatic heterocycles. The van der Waals surface area contributed by atoms with E-state index >= 15 is 0 Å². The van der Waals surface area contributed by atoms with E-state index in [1.165, 1.54) is 0 Å². The van der Waals surface area contributed by atoms with Gasteiger partial charge in [-0.2, -0.15) is 0 Å². The summed E-state index contributed by atoms with van der Waals surface area (Å²) in [5.41, 5.74) is -6.56. The number of aliphatic hydroxyl groups is 6. The van der Waals surface area contributed by atoms with Gasteiger partial charge >= 0.3 is 0 Å². The number of hydrogen-bond acceptors (Lipinski definition) is 8. The second-order valence-electron chi connectivity index (χ2n) is 20.1. The molecule has 8 rings (SSSR count). The predicted octanol–water partition coefficient (Wildman–Crippen LogP) is 4.34. The largest absolute Gasteiger partial charge is 0.396 e. The lowest BCUT2D eigenvalue weighted by molar-refractivity contribution is -0.205. The molecule has 8 nitrogen and oxygen atoms in total. The monoisotopic (exact) mass is 670 g/mol. The Morgan fingerprint density at radius 3 is 1.31 bits per heavy atom. The van der Waals surface area contributed by atoms with Crippen molar-refractivity contribution in [1.82, 2.24) is 0 Å². The molecule has 0 heterocycles. The van der Waals surface area contributed by atoms with Gasteiger partial charge in [0.1, 0.15) is 11.2 Å². The third kappa shape index (κ3) is 3.79. The van der Waals surface area contributed by atoms with E-state index in [2.05, 4.69) is 27.7 Å². The van der Waals surface area contributed by atoms with Gasteiger partial charge in [0.2, 0.25) is 0 Å². The lowest BCUT2D eigenvalue weighted by atomic mass is 9.40. The minimum atomic E-state index is -1.72. The Balaban J connectivity index is 1.08. The van der Waals surface area contributed by atoms with E-state index in [1.54, 1.807) is 0 Å². The summed E-state index contributed by atoms with van der Waals surface area (Å²) >= 11 is 0. The van der Waals surface area contributed by atoms with Crippen molar-refractivity contribution in [3.63, 3.8) is 0 Å². The smallest absolute Gasteiger partial charge is 0.173 e. The summed E-state index contributed by atoms with van der Waals surface area (Å²) in [6.07, 6.45) is 8.45. The van der Waals surface area contributed by atoms with E-state index in [9.17, 15) is 40.2 Å². The molecule has 0 radical (unpaired) electrons. The Morgan fingerprint density at radius 1 is 0.583 bits per heavy atom. The third-order valence-electron chi connectivity index (χ3n) is 18.5. The minimum absolute atomic E-state index is 0.00968. The van der Waals surface area contributed by atoms with Crippen molar-refractivity contribution in [2.75, 3.05) is 13.2 Å². The summed E-state index contributed by atoms with van der Waals surface area (Å²) in [5, 5.41) is 69.7. The topological polar surface area (TPSA) is 156 Å². The van der Waals surface area contributed by atoms with Gasteiger partial charge in [0.05, 0.1) is 23.0 Å². The number of rotatable bonds is 5. The number of carbonyl (C=O) groups is 2. The molecule has 2 spiro atoms. The quantitative estimate of drug-likeness (QED) is 0.253. The highest BCUT2D eigenvalue weighted by Gasteiger charge is 2.77. The molecule has 5 unspecified atom stereocenters. The van der Waals surface area contributed by atoms with E-state index in [0.29, 0.717) is 38.5 Å². The Kier molecular flexibility index (Phi) is 7.39. The van der Waals surface area contributed by atoms with Gasteiger partial charge in [-0.1, -0.05) is 40.5 Å². The molecule has 8 aliphatic rings. The van der Waals surface area contributed by atoms with Gasteiger partial charge in [-0.15, -0.1) is 0 Å². The normalized spacial score (nSPS) is 60.2. The summed E-state index contributed by atoms with van der Waals surface area (Å²) in [5.74, 6) is -1.18. The van der Waals surface area contributed by atoms with Crippen molar-refractivity contribution in [2.24, 2.45) is 68.0 Å². The van der Waals surface area contributed by atoms with Crippen LogP contribution in [0.15, 0.2) is 0 Å². The Morgan fingerprint density at radius 2 is 0.958 bits per heavy atom. The second-order valence-corrected chi connectivity index (χ2v) is 20.1. The van der Waals surface area contributed by atoms with E-state index in [1.807, 2.05) is 0 Å². The van der Waals surface area contributed by atoms with Gasteiger partial charge < -0.3 is 30.6 Å². The molecule has 8 heteroatoms. The standard InChI is InChI=1S/C40H62O8/c1-33(21-41)11-5-13-35(3)25-9-7-23-19-37(25,29(43)17-27(33)35)31(45)39(23,47)15-16-40(48)24-8-10-26-36(4)14-6-12-34(2,22-42)28(36)18-30(44)38(26,20-24)32(40)46/h23-30,41-44,47-48H,5-22H2,1-4H3/t23-,24-,25?,26?,27?,28?,29-,30-,33-,34-,35+,36+,37-,38-,39+,40?/m1/s1. The summed E-state index contributed by atoms with van der Waals surface area (Å²) in [6.45, 7) is 8.90. The van der Waals surface area contributed by atoms with Crippen LogP contribution in [0.2, 0.25) is 0 Å². The highest BCUT2D eigenvalue weighted by atomic mass is 16.3. The van der Waals surface area contributed by atoms with Gasteiger partial charge in [0, 0.05) is 13.2 Å². The van der Waals surface area contributed by atoms with E-state index < -0.39 is 34.2 Å². The van der Waals surface area contributed by atoms with Gasteiger partial charge in [-0.05, 0) is 147 Å². The van der Waals surface area contributed by atoms with Crippen molar-refractivity contribution in [3.8, 4) is 0 Å². The number of carbonyl (C=O) groups excluding carboxylic acids is 2. The predicted molar refractivity (Wildman–Crippen MR) is 178 cm³/mol. The molecule has 8 fully saturated rings. The molecule has 270 valence electrons. The van der Waals surface area contributed by atoms with Crippen LogP contribution in [0.25, 0.3) is 0 Å². The van der Waals surface area contributed by atoms with Gasteiger partial charge in [-0.3, -0.25) is 9.59 Å². The van der Waals surface area contributed by atoms with Crippen molar-refractivity contribution >= 4 is 11.6 Å². The van der Waals surface area contributed by atoms with Crippen LogP contribution in [0.1, 0.15) is 130 Å². The zero-order valence-electron chi connectivity index (χ0n) is 29.8. The maximum atomic E-state index is 14.8. The number of Topliss-reactive ketones (excluding diaryl/α,β-unsaturated/α-hetero) is 2. The molecule has 8 aliphatic carbocycles. The van der Waals surface area contributed by atoms with E-state index in [0.717, 1.165) is 51.4 Å². The maximum Gasteiger partial charge on any atom is 0.173 e. The average molecular weight is 671 g/mol. The van der Waals surface area contributed by atoms with Crippen LogP contribution in [0, 0.1) is 68.0 Å². The summed E-state index contributed by atoms with van der Waals surface area (Å²) in [7, 11) is 0. The third-order valence-corrected chi connectivity index (χ3v) is 18.5. The molecule has 0 aliphatic heterocycles. The molecule has 0 aromatic carbocycles. The number of hydrogen-bond donors (Lipinski definition) is 6. The molecule has 8 saturated carbocycles. The van der Waals surface area contributed by atoms with Crippen LogP contribution in [0.3, 0.4) is 0 Å². The molecular weight excluding hydrogens is 608 g/mol. The summed E-state index contributed by atoms with van der Waals surface area (Å²) in [4.78, 5) is 29.6. The molecular formula is C40H62O8. The Bertz CT molecular complexity index is 1280. The fraction of sp³-hybridized carbons (Fsp3) is 0.950. The van der Waals surface area contributed by atoms with Crippen molar-refractivity contribution in [1.29, 1.82) is 0 Å². The van der Waals surface area contributed by atoms with Crippen molar-refractivity contribution in [2.45, 2.75) is 154 Å². The number of ketones is 2. The van der Waals surface area contributed by atoms with Crippen LogP contribution >= 0.6 is 0 Å². The van der Waals surface area contributed by atoms with Crippen molar-refractivity contribution in [3.05, 3.63) is 0 Å². The molecule has 48 heavy (non-hydrogen) atoms. The molecule has 0 aromatic rings. The highest BCUT2D eigenvalue weighted by Crippen LogP contribution is 2.74. The van der Waals surface area contributed by atoms with Crippen LogP contribution in [0.5, 0.6) is 0 Å². The van der Waals surface area contributed by atoms with Crippen LogP contribution in [-0.2, 0) is 9.59 Å².